The van der Waals surface area contributed by atoms with E-state index < -0.39 is 5.97 Å². The number of oxazole rings is 1. The minimum absolute atomic E-state index is 0.0843. The molecule has 2 N–H and O–H groups in total. The van der Waals surface area contributed by atoms with E-state index in [4.69, 9.17) is 9.52 Å². The number of nitrogens with zero attached hydrogens (tertiary/aromatic N) is 2. The van der Waals surface area contributed by atoms with Crippen molar-refractivity contribution in [2.75, 3.05) is 5.32 Å². The molecule has 0 amide bonds. The van der Waals surface area contributed by atoms with Gasteiger partial charge in [-0.15, -0.1) is 11.3 Å². The summed E-state index contributed by atoms with van der Waals surface area (Å²) >= 11 is 1.30. The third-order valence-electron chi connectivity index (χ3n) is 2.06. The van der Waals surface area contributed by atoms with Crippen LogP contribution in [-0.4, -0.2) is 21.0 Å². The number of thiazole rings is 1. The fraction of sp³-hybridized carbons (Fsp3) is 0.300. The third-order valence-corrected chi connectivity index (χ3v) is 2.99. The summed E-state index contributed by atoms with van der Waals surface area (Å²) in [6, 6.07) is 0. The van der Waals surface area contributed by atoms with Crippen molar-refractivity contribution in [2.24, 2.45) is 0 Å². The first kappa shape index (κ1) is 11.6. The van der Waals surface area contributed by atoms with Gasteiger partial charge in [-0.25, -0.2) is 14.8 Å². The average molecular weight is 253 g/mol. The van der Waals surface area contributed by atoms with E-state index in [1.54, 1.807) is 13.1 Å². The van der Waals surface area contributed by atoms with Crippen molar-refractivity contribution >= 4 is 22.4 Å². The van der Waals surface area contributed by atoms with Crippen LogP contribution in [0.3, 0.4) is 0 Å². The molecular weight excluding hydrogens is 242 g/mol. The Morgan fingerprint density at radius 3 is 2.88 bits per heavy atom. The van der Waals surface area contributed by atoms with Gasteiger partial charge in [0.2, 0.25) is 5.89 Å². The Morgan fingerprint density at radius 2 is 2.35 bits per heavy atom. The van der Waals surface area contributed by atoms with Gasteiger partial charge < -0.3 is 14.8 Å². The zero-order valence-corrected chi connectivity index (χ0v) is 10.2. The van der Waals surface area contributed by atoms with Crippen molar-refractivity contribution in [3.8, 4) is 0 Å². The highest BCUT2D eigenvalue weighted by Crippen LogP contribution is 2.22. The number of carboxylic acid groups (broad SMARTS) is 1. The standard InChI is InChI=1S/C10H11N3O3S/c1-5-3-11-7(16-5)4-12-10-13-8(9(14)15)6(2)17-10/h3H,4H2,1-2H3,(H,12,13)(H,14,15). The lowest BCUT2D eigenvalue weighted by Crippen LogP contribution is -2.01. The Balaban J connectivity index is 2.04. The lowest BCUT2D eigenvalue weighted by atomic mass is 10.4. The highest BCUT2D eigenvalue weighted by molar-refractivity contribution is 7.15. The molecular formula is C10H11N3O3S. The number of anilines is 1. The molecule has 90 valence electrons. The van der Waals surface area contributed by atoms with Gasteiger partial charge in [0.1, 0.15) is 5.76 Å². The molecule has 0 spiro atoms. The van der Waals surface area contributed by atoms with Gasteiger partial charge >= 0.3 is 5.97 Å². The van der Waals surface area contributed by atoms with E-state index in [0.29, 0.717) is 22.4 Å². The summed E-state index contributed by atoms with van der Waals surface area (Å²) in [5.74, 6) is 0.273. The van der Waals surface area contributed by atoms with Crippen molar-refractivity contribution < 1.29 is 14.3 Å². The molecule has 2 heterocycles. The summed E-state index contributed by atoms with van der Waals surface area (Å²) in [5, 5.41) is 12.4. The molecule has 2 aromatic heterocycles. The number of carboxylic acids is 1. The summed E-state index contributed by atoms with van der Waals surface area (Å²) < 4.78 is 5.28. The van der Waals surface area contributed by atoms with Crippen LogP contribution in [0.5, 0.6) is 0 Å². The molecule has 0 aliphatic carbocycles. The highest BCUT2D eigenvalue weighted by Gasteiger charge is 2.14. The van der Waals surface area contributed by atoms with Gasteiger partial charge in [0.25, 0.3) is 0 Å². The molecule has 0 bridgehead atoms. The SMILES string of the molecule is Cc1cnc(CNc2nc(C(=O)O)c(C)s2)o1. The fourth-order valence-electron chi connectivity index (χ4n) is 1.30. The molecule has 17 heavy (non-hydrogen) atoms. The van der Waals surface area contributed by atoms with E-state index in [1.807, 2.05) is 6.92 Å². The van der Waals surface area contributed by atoms with Gasteiger partial charge in [0.05, 0.1) is 12.7 Å². The number of aromatic nitrogens is 2. The normalized spacial score (nSPS) is 10.5. The van der Waals surface area contributed by atoms with Crippen LogP contribution < -0.4 is 5.32 Å². The summed E-state index contributed by atoms with van der Waals surface area (Å²) in [6.45, 7) is 3.92. The Hall–Kier alpha value is -1.89. The zero-order chi connectivity index (χ0) is 12.4. The molecule has 0 unspecified atom stereocenters. The second-order valence-electron chi connectivity index (χ2n) is 3.45. The minimum Gasteiger partial charge on any atom is -0.476 e. The van der Waals surface area contributed by atoms with Crippen molar-refractivity contribution in [1.82, 2.24) is 9.97 Å². The molecule has 7 heteroatoms. The molecule has 0 saturated heterocycles. The lowest BCUT2D eigenvalue weighted by molar-refractivity contribution is 0.0690. The summed E-state index contributed by atoms with van der Waals surface area (Å²) in [6.07, 6.45) is 1.63. The predicted octanol–water partition coefficient (Wildman–Crippen LogP) is 2.06. The predicted molar refractivity (Wildman–Crippen MR) is 62.4 cm³/mol. The summed E-state index contributed by atoms with van der Waals surface area (Å²) in [7, 11) is 0. The van der Waals surface area contributed by atoms with Crippen LogP contribution in [0, 0.1) is 13.8 Å². The van der Waals surface area contributed by atoms with Crippen LogP contribution in [0.1, 0.15) is 27.0 Å². The average Bonchev–Trinajstić information content (AvgIpc) is 2.82. The number of hydrogen-bond acceptors (Lipinski definition) is 6. The van der Waals surface area contributed by atoms with Crippen LogP contribution in [-0.2, 0) is 6.54 Å². The molecule has 0 atom stereocenters. The molecule has 0 aliphatic heterocycles. The second-order valence-corrected chi connectivity index (χ2v) is 4.65. The number of carbonyl (C=O) groups is 1. The Morgan fingerprint density at radius 1 is 1.59 bits per heavy atom. The van der Waals surface area contributed by atoms with Gasteiger partial charge in [0, 0.05) is 4.88 Å². The second kappa shape index (κ2) is 4.54. The number of hydrogen-bond donors (Lipinski definition) is 2. The van der Waals surface area contributed by atoms with Crippen LogP contribution >= 0.6 is 11.3 Å². The first-order chi connectivity index (χ1) is 8.06. The maximum absolute atomic E-state index is 10.8. The van der Waals surface area contributed by atoms with Crippen molar-refractivity contribution in [3.63, 3.8) is 0 Å². The molecule has 0 aromatic carbocycles. The van der Waals surface area contributed by atoms with Gasteiger partial charge in [-0.05, 0) is 13.8 Å². The number of aromatic carboxylic acids is 1. The molecule has 6 nitrogen and oxygen atoms in total. The highest BCUT2D eigenvalue weighted by atomic mass is 32.1. The van der Waals surface area contributed by atoms with Crippen molar-refractivity contribution in [1.29, 1.82) is 0 Å². The van der Waals surface area contributed by atoms with Gasteiger partial charge in [0.15, 0.2) is 10.8 Å². The number of aryl methyl sites for hydroxylation is 2. The Labute approximate surface area is 101 Å². The molecule has 2 aromatic rings. The molecule has 2 rings (SSSR count). The van der Waals surface area contributed by atoms with Crippen LogP contribution in [0.2, 0.25) is 0 Å². The zero-order valence-electron chi connectivity index (χ0n) is 9.35. The lowest BCUT2D eigenvalue weighted by Gasteiger charge is -1.96. The smallest absolute Gasteiger partial charge is 0.355 e. The van der Waals surface area contributed by atoms with E-state index in [1.165, 1.54) is 11.3 Å². The molecule has 0 fully saturated rings. The minimum atomic E-state index is -1.02. The van der Waals surface area contributed by atoms with Gasteiger partial charge in [-0.1, -0.05) is 0 Å². The van der Waals surface area contributed by atoms with Gasteiger partial charge in [-0.2, -0.15) is 0 Å². The molecule has 0 saturated carbocycles. The Kier molecular flexibility index (Phi) is 3.10. The maximum Gasteiger partial charge on any atom is 0.355 e. The van der Waals surface area contributed by atoms with Crippen molar-refractivity contribution in [2.45, 2.75) is 20.4 Å². The number of nitrogens with one attached hydrogen (secondary N) is 1. The van der Waals surface area contributed by atoms with E-state index >= 15 is 0 Å². The quantitative estimate of drug-likeness (QED) is 0.867. The fourth-order valence-corrected chi connectivity index (χ4v) is 2.11. The monoisotopic (exact) mass is 253 g/mol. The largest absolute Gasteiger partial charge is 0.476 e. The third kappa shape index (κ3) is 2.62. The van der Waals surface area contributed by atoms with Crippen LogP contribution in [0.4, 0.5) is 5.13 Å². The van der Waals surface area contributed by atoms with Crippen molar-refractivity contribution in [3.05, 3.63) is 28.4 Å². The summed E-state index contributed by atoms with van der Waals surface area (Å²) in [4.78, 5) is 19.5. The number of rotatable bonds is 4. The Bertz CT molecular complexity index is 547. The van der Waals surface area contributed by atoms with Crippen LogP contribution in [0.15, 0.2) is 10.6 Å². The molecule has 0 radical (unpaired) electrons. The van der Waals surface area contributed by atoms with Gasteiger partial charge in [-0.3, -0.25) is 0 Å². The van der Waals surface area contributed by atoms with E-state index in [0.717, 1.165) is 5.76 Å². The first-order valence-corrected chi connectivity index (χ1v) is 5.74. The van der Waals surface area contributed by atoms with E-state index in [9.17, 15) is 4.79 Å². The molecule has 0 aliphatic rings. The van der Waals surface area contributed by atoms with Crippen LogP contribution in [0.25, 0.3) is 0 Å². The first-order valence-electron chi connectivity index (χ1n) is 4.92. The van der Waals surface area contributed by atoms with E-state index in [-0.39, 0.29) is 5.69 Å². The topological polar surface area (TPSA) is 88.2 Å². The van der Waals surface area contributed by atoms with E-state index in [2.05, 4.69) is 15.3 Å². The summed E-state index contributed by atoms with van der Waals surface area (Å²) in [5.41, 5.74) is 0.0843. The maximum atomic E-state index is 10.8.